The van der Waals surface area contributed by atoms with Gasteiger partial charge in [-0.05, 0) is 18.4 Å². The van der Waals surface area contributed by atoms with Crippen LogP contribution in [-0.4, -0.2) is 19.8 Å². The van der Waals surface area contributed by atoms with Crippen molar-refractivity contribution in [1.29, 1.82) is 0 Å². The first kappa shape index (κ1) is 10.7. The van der Waals surface area contributed by atoms with Crippen molar-refractivity contribution in [2.45, 2.75) is 25.6 Å². The van der Waals surface area contributed by atoms with Gasteiger partial charge in [0.2, 0.25) is 0 Å². The topological polar surface area (TPSA) is 18.5 Å². The van der Waals surface area contributed by atoms with E-state index in [-0.39, 0.29) is 0 Å². The Morgan fingerprint density at radius 3 is 2.60 bits per heavy atom. The number of benzene rings is 1. The van der Waals surface area contributed by atoms with Crippen LogP contribution < -0.4 is 0 Å². The fourth-order valence-corrected chi connectivity index (χ4v) is 1.94. The van der Waals surface area contributed by atoms with E-state index in [0.717, 1.165) is 6.61 Å². The van der Waals surface area contributed by atoms with Crippen LogP contribution in [0, 0.1) is 5.92 Å². The van der Waals surface area contributed by atoms with Crippen LogP contribution >= 0.6 is 0 Å². The second kappa shape index (κ2) is 5.29. The minimum absolute atomic E-state index is 0.431. The first-order chi connectivity index (χ1) is 7.40. The van der Waals surface area contributed by atoms with Crippen LogP contribution in [0.25, 0.3) is 0 Å². The van der Waals surface area contributed by atoms with Gasteiger partial charge in [0.25, 0.3) is 0 Å². The second-order valence-corrected chi connectivity index (χ2v) is 4.11. The number of methoxy groups -OCH3 is 1. The van der Waals surface area contributed by atoms with E-state index in [9.17, 15) is 0 Å². The lowest BCUT2D eigenvalue weighted by Gasteiger charge is -2.34. The van der Waals surface area contributed by atoms with Crippen LogP contribution in [0.15, 0.2) is 30.3 Å². The molecule has 82 valence electrons. The van der Waals surface area contributed by atoms with E-state index in [2.05, 4.69) is 12.1 Å². The molecule has 1 aliphatic rings. The summed E-state index contributed by atoms with van der Waals surface area (Å²) in [6.07, 6.45) is 2.86. The molecule has 0 aromatic heterocycles. The molecule has 2 heteroatoms. The Balaban J connectivity index is 1.67. The average molecular weight is 206 g/mol. The zero-order valence-corrected chi connectivity index (χ0v) is 9.19. The molecule has 15 heavy (non-hydrogen) atoms. The molecular weight excluding hydrogens is 188 g/mol. The fourth-order valence-electron chi connectivity index (χ4n) is 1.94. The maximum absolute atomic E-state index is 5.68. The van der Waals surface area contributed by atoms with Crippen LogP contribution in [0.1, 0.15) is 18.4 Å². The molecule has 0 aliphatic heterocycles. The molecule has 0 radical (unpaired) electrons. The minimum atomic E-state index is 0.431. The van der Waals surface area contributed by atoms with Crippen LogP contribution in [-0.2, 0) is 16.1 Å². The molecule has 1 saturated carbocycles. The molecular formula is C13H18O2. The first-order valence-corrected chi connectivity index (χ1v) is 5.54. The van der Waals surface area contributed by atoms with Gasteiger partial charge in [0.15, 0.2) is 0 Å². The van der Waals surface area contributed by atoms with Crippen molar-refractivity contribution < 1.29 is 9.47 Å². The number of hydrogen-bond acceptors (Lipinski definition) is 2. The van der Waals surface area contributed by atoms with E-state index in [1.54, 1.807) is 7.11 Å². The zero-order valence-electron chi connectivity index (χ0n) is 9.19. The molecule has 0 heterocycles. The number of rotatable bonds is 5. The molecule has 0 N–H and O–H groups in total. The zero-order chi connectivity index (χ0) is 10.5. The second-order valence-electron chi connectivity index (χ2n) is 4.11. The van der Waals surface area contributed by atoms with Crippen molar-refractivity contribution in [3.05, 3.63) is 35.9 Å². The third-order valence-electron chi connectivity index (χ3n) is 3.09. The SMILES string of the molecule is CO[C@H]1CC[C@H]1COCc1ccccc1. The molecule has 0 unspecified atom stereocenters. The van der Waals surface area contributed by atoms with Crippen molar-refractivity contribution >= 4 is 0 Å². The van der Waals surface area contributed by atoms with Gasteiger partial charge in [0, 0.05) is 13.0 Å². The first-order valence-electron chi connectivity index (χ1n) is 5.54. The Morgan fingerprint density at radius 2 is 2.00 bits per heavy atom. The Kier molecular flexibility index (Phi) is 3.75. The van der Waals surface area contributed by atoms with Gasteiger partial charge in [-0.25, -0.2) is 0 Å². The Labute approximate surface area is 91.2 Å². The molecule has 0 saturated heterocycles. The maximum atomic E-state index is 5.68. The lowest BCUT2D eigenvalue weighted by Crippen LogP contribution is -2.36. The largest absolute Gasteiger partial charge is 0.381 e. The average Bonchev–Trinajstić information content (AvgIpc) is 2.25. The van der Waals surface area contributed by atoms with E-state index >= 15 is 0 Å². The summed E-state index contributed by atoms with van der Waals surface area (Å²) >= 11 is 0. The Morgan fingerprint density at radius 1 is 1.20 bits per heavy atom. The van der Waals surface area contributed by atoms with Gasteiger partial charge in [0.05, 0.1) is 19.3 Å². The highest BCUT2D eigenvalue weighted by atomic mass is 16.5. The highest BCUT2D eigenvalue weighted by molar-refractivity contribution is 5.13. The Hall–Kier alpha value is -0.860. The van der Waals surface area contributed by atoms with E-state index in [4.69, 9.17) is 9.47 Å². The van der Waals surface area contributed by atoms with E-state index in [1.807, 2.05) is 18.2 Å². The minimum Gasteiger partial charge on any atom is -0.381 e. The van der Waals surface area contributed by atoms with Crippen LogP contribution in [0.2, 0.25) is 0 Å². The number of hydrogen-bond donors (Lipinski definition) is 0. The van der Waals surface area contributed by atoms with Gasteiger partial charge >= 0.3 is 0 Å². The lowest BCUT2D eigenvalue weighted by atomic mass is 9.82. The molecule has 0 spiro atoms. The van der Waals surface area contributed by atoms with Gasteiger partial charge in [-0.2, -0.15) is 0 Å². The summed E-state index contributed by atoms with van der Waals surface area (Å²) in [5.41, 5.74) is 1.24. The van der Waals surface area contributed by atoms with Gasteiger partial charge in [-0.3, -0.25) is 0 Å². The van der Waals surface area contributed by atoms with Crippen molar-refractivity contribution in [1.82, 2.24) is 0 Å². The number of ether oxygens (including phenoxy) is 2. The standard InChI is InChI=1S/C13H18O2/c1-14-13-8-7-12(13)10-15-9-11-5-3-2-4-6-11/h2-6,12-13H,7-10H2,1H3/t12-,13-/m0/s1. The summed E-state index contributed by atoms with van der Waals surface area (Å²) in [5.74, 6) is 0.610. The smallest absolute Gasteiger partial charge is 0.0717 e. The summed E-state index contributed by atoms with van der Waals surface area (Å²) in [6.45, 7) is 1.54. The van der Waals surface area contributed by atoms with Crippen molar-refractivity contribution in [2.24, 2.45) is 5.92 Å². The van der Waals surface area contributed by atoms with Gasteiger partial charge in [-0.1, -0.05) is 30.3 Å². The molecule has 1 aromatic rings. The van der Waals surface area contributed by atoms with Crippen molar-refractivity contribution in [2.75, 3.05) is 13.7 Å². The molecule has 1 fully saturated rings. The fraction of sp³-hybridized carbons (Fsp3) is 0.538. The molecule has 0 amide bonds. The highest BCUT2D eigenvalue weighted by Gasteiger charge is 2.30. The summed E-state index contributed by atoms with van der Waals surface area (Å²) in [5, 5.41) is 0. The third kappa shape index (κ3) is 2.80. The normalized spacial score (nSPS) is 24.9. The summed E-state index contributed by atoms with van der Waals surface area (Å²) < 4.78 is 11.0. The molecule has 0 bridgehead atoms. The molecule has 2 atom stereocenters. The maximum Gasteiger partial charge on any atom is 0.0717 e. The van der Waals surface area contributed by atoms with Crippen molar-refractivity contribution in [3.8, 4) is 0 Å². The molecule has 1 aromatic carbocycles. The van der Waals surface area contributed by atoms with E-state index < -0.39 is 0 Å². The predicted molar refractivity (Wildman–Crippen MR) is 59.6 cm³/mol. The van der Waals surface area contributed by atoms with Crippen molar-refractivity contribution in [3.63, 3.8) is 0 Å². The molecule has 2 nitrogen and oxygen atoms in total. The summed E-state index contributed by atoms with van der Waals surface area (Å²) in [4.78, 5) is 0. The van der Waals surface area contributed by atoms with Crippen LogP contribution in [0.4, 0.5) is 0 Å². The monoisotopic (exact) mass is 206 g/mol. The lowest BCUT2D eigenvalue weighted by molar-refractivity contribution is -0.0590. The highest BCUT2D eigenvalue weighted by Crippen LogP contribution is 2.30. The van der Waals surface area contributed by atoms with Crippen LogP contribution in [0.3, 0.4) is 0 Å². The molecule has 2 rings (SSSR count). The van der Waals surface area contributed by atoms with Gasteiger partial charge in [0.1, 0.15) is 0 Å². The van der Waals surface area contributed by atoms with E-state index in [1.165, 1.54) is 18.4 Å². The predicted octanol–water partition coefficient (Wildman–Crippen LogP) is 2.63. The van der Waals surface area contributed by atoms with E-state index in [0.29, 0.717) is 18.6 Å². The Bertz CT molecular complexity index is 282. The summed E-state index contributed by atoms with van der Waals surface area (Å²) in [7, 11) is 1.79. The quantitative estimate of drug-likeness (QED) is 0.737. The van der Waals surface area contributed by atoms with Gasteiger partial charge < -0.3 is 9.47 Å². The molecule has 1 aliphatic carbocycles. The van der Waals surface area contributed by atoms with Gasteiger partial charge in [-0.15, -0.1) is 0 Å². The third-order valence-corrected chi connectivity index (χ3v) is 3.09. The van der Waals surface area contributed by atoms with Crippen LogP contribution in [0.5, 0.6) is 0 Å². The summed E-state index contributed by atoms with van der Waals surface area (Å²) in [6, 6.07) is 10.3.